The Kier molecular flexibility index (Phi) is 5.82. The molecule has 0 aliphatic heterocycles. The van der Waals surface area contributed by atoms with Crippen molar-refractivity contribution in [2.75, 3.05) is 0 Å². The fraction of sp³-hybridized carbons (Fsp3) is 0.217. The maximum Gasteiger partial charge on any atom is 0.416 e. The first kappa shape index (κ1) is 21.4. The lowest BCUT2D eigenvalue weighted by Crippen LogP contribution is -2.24. The summed E-state index contributed by atoms with van der Waals surface area (Å²) in [6.45, 7) is 5.60. The summed E-state index contributed by atoms with van der Waals surface area (Å²) < 4.78 is 45.6. The van der Waals surface area contributed by atoms with Crippen molar-refractivity contribution in [3.05, 3.63) is 82.1 Å². The number of halogens is 3. The largest absolute Gasteiger partial charge is 0.456 e. The number of benzene rings is 2. The van der Waals surface area contributed by atoms with Gasteiger partial charge in [-0.25, -0.2) is 0 Å². The van der Waals surface area contributed by atoms with Crippen molar-refractivity contribution in [1.29, 1.82) is 0 Å². The molecule has 0 saturated heterocycles. The molecular weight excluding hydrogens is 395 g/mol. The second-order valence-electron chi connectivity index (χ2n) is 7.14. The topological polar surface area (TPSA) is 55.4 Å². The molecule has 0 bridgehead atoms. The number of aryl methyl sites for hydroxylation is 2. The Morgan fingerprint density at radius 2 is 1.80 bits per heavy atom. The van der Waals surface area contributed by atoms with Gasteiger partial charge in [0.15, 0.2) is 5.78 Å². The third kappa shape index (κ3) is 4.79. The highest BCUT2D eigenvalue weighted by molar-refractivity contribution is 6.00. The maximum atomic E-state index is 13.2. The minimum Gasteiger partial charge on any atom is -0.456 e. The van der Waals surface area contributed by atoms with E-state index in [0.29, 0.717) is 5.75 Å². The molecule has 0 radical (unpaired) electrons. The van der Waals surface area contributed by atoms with Crippen LogP contribution in [0, 0.1) is 20.8 Å². The van der Waals surface area contributed by atoms with Gasteiger partial charge in [0.1, 0.15) is 11.5 Å². The predicted molar refractivity (Wildman–Crippen MR) is 106 cm³/mol. The molecule has 1 aliphatic carbocycles. The van der Waals surface area contributed by atoms with E-state index in [1.54, 1.807) is 12.1 Å². The zero-order valence-corrected chi connectivity index (χ0v) is 16.7. The van der Waals surface area contributed by atoms with Gasteiger partial charge in [-0.1, -0.05) is 12.1 Å². The molecule has 1 amide bonds. The van der Waals surface area contributed by atoms with Gasteiger partial charge < -0.3 is 10.1 Å². The SMILES string of the molecule is Cc1cc(C)c(C)c(Oc2ccc(C(F)(F)F)cc2C(=O)NC2=CC(=O)CC=C2)c1. The van der Waals surface area contributed by atoms with Crippen molar-refractivity contribution in [2.45, 2.75) is 33.4 Å². The summed E-state index contributed by atoms with van der Waals surface area (Å²) in [7, 11) is 0. The van der Waals surface area contributed by atoms with Crippen molar-refractivity contribution in [3.63, 3.8) is 0 Å². The highest BCUT2D eigenvalue weighted by atomic mass is 19.4. The van der Waals surface area contributed by atoms with Crippen molar-refractivity contribution in [3.8, 4) is 11.5 Å². The molecule has 4 nitrogen and oxygen atoms in total. The van der Waals surface area contributed by atoms with Crippen LogP contribution in [0.4, 0.5) is 13.2 Å². The summed E-state index contributed by atoms with van der Waals surface area (Å²) in [5, 5.41) is 2.47. The second kappa shape index (κ2) is 8.18. The highest BCUT2D eigenvalue weighted by Crippen LogP contribution is 2.35. The molecule has 2 aromatic carbocycles. The number of ketones is 1. The van der Waals surface area contributed by atoms with E-state index >= 15 is 0 Å². The average molecular weight is 415 g/mol. The maximum absolute atomic E-state index is 13.2. The van der Waals surface area contributed by atoms with Crippen LogP contribution in [0.5, 0.6) is 11.5 Å². The number of amides is 1. The van der Waals surface area contributed by atoms with Crippen molar-refractivity contribution in [1.82, 2.24) is 5.32 Å². The number of nitrogens with one attached hydrogen (secondary N) is 1. The van der Waals surface area contributed by atoms with E-state index in [9.17, 15) is 22.8 Å². The van der Waals surface area contributed by atoms with Gasteiger partial charge in [-0.05, 0) is 67.8 Å². The Labute approximate surface area is 172 Å². The second-order valence-corrected chi connectivity index (χ2v) is 7.14. The number of carbonyl (C=O) groups excluding carboxylic acids is 2. The molecule has 1 aliphatic rings. The monoisotopic (exact) mass is 415 g/mol. The van der Waals surface area contributed by atoms with Crippen LogP contribution in [0.3, 0.4) is 0 Å². The van der Waals surface area contributed by atoms with Crippen LogP contribution in [-0.2, 0) is 11.0 Å². The number of alkyl halides is 3. The fourth-order valence-corrected chi connectivity index (χ4v) is 3.06. The van der Waals surface area contributed by atoms with E-state index in [0.717, 1.165) is 34.9 Å². The fourth-order valence-electron chi connectivity index (χ4n) is 3.06. The Balaban J connectivity index is 2.02. The van der Waals surface area contributed by atoms with E-state index in [2.05, 4.69) is 5.32 Å². The van der Waals surface area contributed by atoms with E-state index in [-0.39, 0.29) is 29.2 Å². The van der Waals surface area contributed by atoms with Gasteiger partial charge in [0.05, 0.1) is 11.1 Å². The molecule has 2 aromatic rings. The molecule has 0 fully saturated rings. The summed E-state index contributed by atoms with van der Waals surface area (Å²) >= 11 is 0. The zero-order valence-electron chi connectivity index (χ0n) is 16.7. The van der Waals surface area contributed by atoms with Crippen LogP contribution >= 0.6 is 0 Å². The van der Waals surface area contributed by atoms with Gasteiger partial charge >= 0.3 is 6.18 Å². The Morgan fingerprint density at radius 1 is 1.07 bits per heavy atom. The number of ether oxygens (including phenoxy) is 1. The quantitative estimate of drug-likeness (QED) is 0.711. The van der Waals surface area contributed by atoms with E-state index in [1.165, 1.54) is 12.2 Å². The van der Waals surface area contributed by atoms with Gasteiger partial charge in [-0.2, -0.15) is 13.2 Å². The van der Waals surface area contributed by atoms with Gasteiger partial charge in [-0.15, -0.1) is 0 Å². The van der Waals surface area contributed by atoms with Crippen LogP contribution in [0.1, 0.15) is 39.0 Å². The molecule has 0 heterocycles. The van der Waals surface area contributed by atoms with E-state index < -0.39 is 17.6 Å². The standard InChI is InChI=1S/C23H20F3NO3/c1-13-9-14(2)15(3)21(10-13)30-20-8-7-16(23(24,25)26)11-19(20)22(29)27-17-5-4-6-18(28)12-17/h4-5,7-12H,6H2,1-3H3,(H,27,29). The lowest BCUT2D eigenvalue weighted by atomic mass is 10.0. The molecule has 0 spiro atoms. The highest BCUT2D eigenvalue weighted by Gasteiger charge is 2.32. The van der Waals surface area contributed by atoms with Crippen LogP contribution < -0.4 is 10.1 Å². The molecule has 1 N–H and O–H groups in total. The smallest absolute Gasteiger partial charge is 0.416 e. The van der Waals surface area contributed by atoms with Crippen molar-refractivity contribution < 1.29 is 27.5 Å². The Hall–Kier alpha value is -3.35. The third-order valence-corrected chi connectivity index (χ3v) is 4.73. The summed E-state index contributed by atoms with van der Waals surface area (Å²) in [5.41, 5.74) is 1.65. The normalized spacial score (nSPS) is 13.8. The molecule has 0 atom stereocenters. The van der Waals surface area contributed by atoms with Crippen molar-refractivity contribution >= 4 is 11.7 Å². The van der Waals surface area contributed by atoms with E-state index in [1.807, 2.05) is 26.8 Å². The number of hydrogen-bond donors (Lipinski definition) is 1. The Bertz CT molecular complexity index is 1080. The van der Waals surface area contributed by atoms with Gasteiger partial charge in [0, 0.05) is 18.2 Å². The first-order valence-corrected chi connectivity index (χ1v) is 9.24. The molecule has 0 saturated carbocycles. The summed E-state index contributed by atoms with van der Waals surface area (Å²) in [5.74, 6) is -0.573. The molecule has 0 unspecified atom stereocenters. The number of allylic oxidation sites excluding steroid dienone is 3. The van der Waals surface area contributed by atoms with Gasteiger partial charge in [-0.3, -0.25) is 9.59 Å². The minimum absolute atomic E-state index is 0.0136. The molecule has 30 heavy (non-hydrogen) atoms. The number of rotatable bonds is 4. The van der Waals surface area contributed by atoms with E-state index in [4.69, 9.17) is 4.74 Å². The van der Waals surface area contributed by atoms with Crippen molar-refractivity contribution in [2.24, 2.45) is 0 Å². The average Bonchev–Trinajstić information content (AvgIpc) is 2.65. The molecule has 7 heteroatoms. The molecule has 3 rings (SSSR count). The van der Waals surface area contributed by atoms with Crippen LogP contribution in [0.15, 0.2) is 54.3 Å². The van der Waals surface area contributed by atoms with Gasteiger partial charge in [0.25, 0.3) is 5.91 Å². The first-order valence-electron chi connectivity index (χ1n) is 9.24. The van der Waals surface area contributed by atoms with Crippen LogP contribution in [-0.4, -0.2) is 11.7 Å². The van der Waals surface area contributed by atoms with Gasteiger partial charge in [0.2, 0.25) is 0 Å². The lowest BCUT2D eigenvalue weighted by Gasteiger charge is -2.17. The summed E-state index contributed by atoms with van der Waals surface area (Å²) in [6.07, 6.45) is -0.0748. The summed E-state index contributed by atoms with van der Waals surface area (Å²) in [4.78, 5) is 24.3. The number of hydrogen-bond acceptors (Lipinski definition) is 3. The minimum atomic E-state index is -4.62. The molecular formula is C23H20F3NO3. The number of carbonyl (C=O) groups is 2. The lowest BCUT2D eigenvalue weighted by molar-refractivity contribution is -0.137. The summed E-state index contributed by atoms with van der Waals surface area (Å²) in [6, 6.07) is 6.46. The Morgan fingerprint density at radius 3 is 2.47 bits per heavy atom. The first-order chi connectivity index (χ1) is 14.0. The molecule has 156 valence electrons. The molecule has 0 aromatic heterocycles. The zero-order chi connectivity index (χ0) is 22.1. The third-order valence-electron chi connectivity index (χ3n) is 4.73. The van der Waals surface area contributed by atoms with Crippen LogP contribution in [0.2, 0.25) is 0 Å². The van der Waals surface area contributed by atoms with Crippen LogP contribution in [0.25, 0.3) is 0 Å². The predicted octanol–water partition coefficient (Wildman–Crippen LogP) is 5.57.